The normalized spacial score (nSPS) is 17.6. The van der Waals surface area contributed by atoms with Gasteiger partial charge in [-0.05, 0) is 43.4 Å². The number of hydrogen-bond acceptors (Lipinski definition) is 3. The summed E-state index contributed by atoms with van der Waals surface area (Å²) in [5, 5.41) is 3.54. The van der Waals surface area contributed by atoms with Gasteiger partial charge in [0.2, 0.25) is 0 Å². The Balaban J connectivity index is 1.95. The Morgan fingerprint density at radius 1 is 1.33 bits per heavy atom. The minimum atomic E-state index is 0.432. The van der Waals surface area contributed by atoms with E-state index < -0.39 is 0 Å². The minimum absolute atomic E-state index is 0.432. The molecule has 0 unspecified atom stereocenters. The molecule has 0 radical (unpaired) electrons. The lowest BCUT2D eigenvalue weighted by molar-refractivity contribution is 0.640. The van der Waals surface area contributed by atoms with Crippen molar-refractivity contribution >= 4 is 34.7 Å². The lowest BCUT2D eigenvalue weighted by atomic mass is 10.1. The molecule has 1 fully saturated rings. The summed E-state index contributed by atoms with van der Waals surface area (Å²) in [4.78, 5) is 0.456. The van der Waals surface area contributed by atoms with Crippen LogP contribution in [0.3, 0.4) is 0 Å². The van der Waals surface area contributed by atoms with Crippen LogP contribution in [0.2, 0.25) is 0 Å². The molecule has 0 saturated heterocycles. The van der Waals surface area contributed by atoms with Crippen LogP contribution < -0.4 is 11.1 Å². The minimum Gasteiger partial charge on any atom is -0.389 e. The average molecular weight is 280 g/mol. The summed E-state index contributed by atoms with van der Waals surface area (Å²) >= 11 is 6.95. The average Bonchev–Trinajstić information content (AvgIpc) is 2.86. The van der Waals surface area contributed by atoms with Crippen molar-refractivity contribution in [2.75, 3.05) is 18.1 Å². The Labute approximate surface area is 119 Å². The number of benzene rings is 1. The topological polar surface area (TPSA) is 38.0 Å². The van der Waals surface area contributed by atoms with Gasteiger partial charge in [-0.2, -0.15) is 11.8 Å². The summed E-state index contributed by atoms with van der Waals surface area (Å²) in [6.07, 6.45) is 7.60. The third-order valence-electron chi connectivity index (χ3n) is 3.73. The lowest BCUT2D eigenvalue weighted by Gasteiger charge is -2.27. The number of thioether (sulfide) groups is 1. The van der Waals surface area contributed by atoms with Crippen LogP contribution in [0.4, 0.5) is 5.69 Å². The van der Waals surface area contributed by atoms with Crippen LogP contribution in [0, 0.1) is 0 Å². The van der Waals surface area contributed by atoms with Crippen LogP contribution in [0.25, 0.3) is 0 Å². The van der Waals surface area contributed by atoms with Crippen LogP contribution in [0.1, 0.15) is 31.2 Å². The first kappa shape index (κ1) is 13.7. The summed E-state index contributed by atoms with van der Waals surface area (Å²) < 4.78 is 0.432. The summed E-state index contributed by atoms with van der Waals surface area (Å²) in [5.41, 5.74) is 7.66. The number of nitrogens with two attached hydrogens (primary N) is 1. The molecule has 0 aliphatic heterocycles. The first-order valence-electron chi connectivity index (χ1n) is 6.34. The Morgan fingerprint density at radius 2 is 1.94 bits per heavy atom. The monoisotopic (exact) mass is 280 g/mol. The molecular weight excluding hydrogens is 260 g/mol. The number of anilines is 1. The molecule has 0 aromatic heterocycles. The molecule has 98 valence electrons. The molecule has 0 atom stereocenters. The molecule has 2 nitrogen and oxygen atoms in total. The summed E-state index contributed by atoms with van der Waals surface area (Å²) in [5.74, 6) is 0. The van der Waals surface area contributed by atoms with Gasteiger partial charge in [0.1, 0.15) is 4.99 Å². The van der Waals surface area contributed by atoms with Crippen LogP contribution in [0.5, 0.6) is 0 Å². The maximum Gasteiger partial charge on any atom is 0.103 e. The van der Waals surface area contributed by atoms with E-state index in [2.05, 4.69) is 23.7 Å². The molecule has 1 aromatic rings. The first-order chi connectivity index (χ1) is 8.65. The highest BCUT2D eigenvalue weighted by Gasteiger charge is 2.32. The van der Waals surface area contributed by atoms with E-state index in [1.54, 1.807) is 0 Å². The van der Waals surface area contributed by atoms with Crippen molar-refractivity contribution in [1.82, 2.24) is 0 Å². The summed E-state index contributed by atoms with van der Waals surface area (Å²) in [6.45, 7) is 1.04. The van der Waals surface area contributed by atoms with Crippen LogP contribution in [-0.2, 0) is 0 Å². The predicted molar refractivity (Wildman–Crippen MR) is 85.5 cm³/mol. The van der Waals surface area contributed by atoms with Crippen molar-refractivity contribution < 1.29 is 0 Å². The van der Waals surface area contributed by atoms with E-state index in [1.807, 2.05) is 23.9 Å². The zero-order valence-corrected chi connectivity index (χ0v) is 12.4. The molecule has 4 heteroatoms. The van der Waals surface area contributed by atoms with E-state index in [1.165, 1.54) is 25.7 Å². The van der Waals surface area contributed by atoms with Gasteiger partial charge in [0.15, 0.2) is 0 Å². The standard InChI is InChI=1S/C14H20N2S2/c1-18-14(8-2-3-9-14)10-16-12-6-4-11(5-7-12)13(15)17/h4-7,16H,2-3,8-10H2,1H3,(H2,15,17). The smallest absolute Gasteiger partial charge is 0.103 e. The van der Waals surface area contributed by atoms with Crippen molar-refractivity contribution in [3.63, 3.8) is 0 Å². The number of thiocarbonyl (C=S) groups is 1. The molecular formula is C14H20N2S2. The second-order valence-corrected chi connectivity index (χ2v) is 6.60. The molecule has 0 heterocycles. The quantitative estimate of drug-likeness (QED) is 0.811. The highest BCUT2D eigenvalue weighted by molar-refractivity contribution is 8.00. The zero-order valence-electron chi connectivity index (χ0n) is 10.7. The van der Waals surface area contributed by atoms with Crippen LogP contribution in [-0.4, -0.2) is 22.5 Å². The van der Waals surface area contributed by atoms with Crippen LogP contribution >= 0.6 is 24.0 Å². The third kappa shape index (κ3) is 3.18. The summed E-state index contributed by atoms with van der Waals surface area (Å²) in [7, 11) is 0. The number of hydrogen-bond donors (Lipinski definition) is 2. The van der Waals surface area contributed by atoms with Crippen molar-refractivity contribution in [2.24, 2.45) is 5.73 Å². The molecule has 0 amide bonds. The molecule has 0 spiro atoms. The van der Waals surface area contributed by atoms with Gasteiger partial charge in [0, 0.05) is 22.5 Å². The Bertz CT molecular complexity index is 408. The van der Waals surface area contributed by atoms with Gasteiger partial charge >= 0.3 is 0 Å². The van der Waals surface area contributed by atoms with E-state index >= 15 is 0 Å². The molecule has 3 N–H and O–H groups in total. The van der Waals surface area contributed by atoms with E-state index in [0.29, 0.717) is 9.74 Å². The van der Waals surface area contributed by atoms with Crippen molar-refractivity contribution in [3.05, 3.63) is 29.8 Å². The molecule has 0 bridgehead atoms. The molecule has 1 aliphatic carbocycles. The highest BCUT2D eigenvalue weighted by atomic mass is 32.2. The van der Waals surface area contributed by atoms with E-state index in [9.17, 15) is 0 Å². The van der Waals surface area contributed by atoms with Gasteiger partial charge in [-0.1, -0.05) is 25.1 Å². The first-order valence-corrected chi connectivity index (χ1v) is 7.97. The Morgan fingerprint density at radius 3 is 2.44 bits per heavy atom. The van der Waals surface area contributed by atoms with E-state index in [-0.39, 0.29) is 0 Å². The number of nitrogens with one attached hydrogen (secondary N) is 1. The fraction of sp³-hybridized carbons (Fsp3) is 0.500. The van der Waals surface area contributed by atoms with Crippen molar-refractivity contribution in [3.8, 4) is 0 Å². The molecule has 1 saturated carbocycles. The van der Waals surface area contributed by atoms with Gasteiger partial charge in [-0.3, -0.25) is 0 Å². The second-order valence-electron chi connectivity index (χ2n) is 4.89. The van der Waals surface area contributed by atoms with E-state index in [4.69, 9.17) is 18.0 Å². The largest absolute Gasteiger partial charge is 0.389 e. The lowest BCUT2D eigenvalue weighted by Crippen LogP contribution is -2.29. The summed E-state index contributed by atoms with van der Waals surface area (Å²) in [6, 6.07) is 8.06. The van der Waals surface area contributed by atoms with E-state index in [0.717, 1.165) is 17.8 Å². The second kappa shape index (κ2) is 5.93. The molecule has 18 heavy (non-hydrogen) atoms. The highest BCUT2D eigenvalue weighted by Crippen LogP contribution is 2.40. The SMILES string of the molecule is CSC1(CNc2ccc(C(N)=S)cc2)CCCC1. The van der Waals surface area contributed by atoms with Crippen LogP contribution in [0.15, 0.2) is 24.3 Å². The fourth-order valence-corrected chi connectivity index (χ4v) is 3.54. The Hall–Kier alpha value is -0.740. The molecule has 1 aromatic carbocycles. The van der Waals surface area contributed by atoms with Crippen molar-refractivity contribution in [1.29, 1.82) is 0 Å². The Kier molecular flexibility index (Phi) is 4.51. The maximum absolute atomic E-state index is 5.59. The maximum atomic E-state index is 5.59. The van der Waals surface area contributed by atoms with Gasteiger partial charge < -0.3 is 11.1 Å². The predicted octanol–water partition coefficient (Wildman–Crippen LogP) is 3.41. The molecule has 1 aliphatic rings. The van der Waals surface area contributed by atoms with Gasteiger partial charge in [0.25, 0.3) is 0 Å². The number of rotatable bonds is 5. The fourth-order valence-electron chi connectivity index (χ4n) is 2.49. The van der Waals surface area contributed by atoms with Gasteiger partial charge in [0.05, 0.1) is 0 Å². The molecule has 2 rings (SSSR count). The zero-order chi connectivity index (χ0) is 13.0. The van der Waals surface area contributed by atoms with Gasteiger partial charge in [-0.25, -0.2) is 0 Å². The van der Waals surface area contributed by atoms with Crippen molar-refractivity contribution in [2.45, 2.75) is 30.4 Å². The third-order valence-corrected chi connectivity index (χ3v) is 5.39. The van der Waals surface area contributed by atoms with Gasteiger partial charge in [-0.15, -0.1) is 0 Å².